The van der Waals surface area contributed by atoms with Crippen molar-refractivity contribution in [3.05, 3.63) is 35.4 Å². The molecule has 3 aliphatic rings. The average molecular weight is 380 g/mol. The third kappa shape index (κ3) is 4.15. The van der Waals surface area contributed by atoms with Crippen molar-refractivity contribution in [1.29, 1.82) is 0 Å². The summed E-state index contributed by atoms with van der Waals surface area (Å²) in [5.74, 6) is 0.210. The summed E-state index contributed by atoms with van der Waals surface area (Å²) in [4.78, 5) is 17.3. The van der Waals surface area contributed by atoms with Gasteiger partial charge in [-0.15, -0.1) is 0 Å². The topological polar surface area (TPSA) is 23.6 Å². The van der Waals surface area contributed by atoms with E-state index < -0.39 is 11.7 Å². The van der Waals surface area contributed by atoms with Gasteiger partial charge in [-0.2, -0.15) is 13.2 Å². The Morgan fingerprint density at radius 1 is 0.926 bits per heavy atom. The highest BCUT2D eigenvalue weighted by Crippen LogP contribution is 2.49. The average Bonchev–Trinajstić information content (AvgIpc) is 3.49. The van der Waals surface area contributed by atoms with Crippen LogP contribution in [0, 0.1) is 5.92 Å². The first-order valence-electron chi connectivity index (χ1n) is 10.1. The van der Waals surface area contributed by atoms with Crippen molar-refractivity contribution >= 4 is 5.91 Å². The van der Waals surface area contributed by atoms with E-state index in [0.717, 1.165) is 50.3 Å². The molecule has 2 saturated carbocycles. The van der Waals surface area contributed by atoms with E-state index in [-0.39, 0.29) is 17.7 Å². The number of rotatable bonds is 3. The number of nitrogens with zero attached hydrogens (tertiary/aromatic N) is 2. The number of amides is 1. The Labute approximate surface area is 158 Å². The van der Waals surface area contributed by atoms with Gasteiger partial charge in [-0.25, -0.2) is 0 Å². The van der Waals surface area contributed by atoms with Crippen molar-refractivity contribution in [3.8, 4) is 0 Å². The maximum atomic E-state index is 12.8. The first-order chi connectivity index (χ1) is 12.9. The summed E-state index contributed by atoms with van der Waals surface area (Å²) in [7, 11) is 0. The van der Waals surface area contributed by atoms with E-state index in [1.807, 2.05) is 4.90 Å². The second-order valence-corrected chi connectivity index (χ2v) is 8.22. The first kappa shape index (κ1) is 18.8. The summed E-state index contributed by atoms with van der Waals surface area (Å²) in [5, 5.41) is 0. The molecule has 2 aliphatic carbocycles. The molecule has 6 heteroatoms. The van der Waals surface area contributed by atoms with Crippen LogP contribution < -0.4 is 0 Å². The zero-order chi connectivity index (χ0) is 19.0. The van der Waals surface area contributed by atoms with Crippen molar-refractivity contribution in [1.82, 2.24) is 9.80 Å². The Bertz CT molecular complexity index is 659. The second-order valence-electron chi connectivity index (χ2n) is 8.22. The molecule has 1 heterocycles. The van der Waals surface area contributed by atoms with E-state index in [1.54, 1.807) is 0 Å². The van der Waals surface area contributed by atoms with Crippen LogP contribution >= 0.6 is 0 Å². The third-order valence-electron chi connectivity index (χ3n) is 6.49. The van der Waals surface area contributed by atoms with Gasteiger partial charge in [-0.1, -0.05) is 31.4 Å². The van der Waals surface area contributed by atoms with Gasteiger partial charge in [-0.05, 0) is 42.9 Å². The number of hydrogen-bond donors (Lipinski definition) is 0. The minimum atomic E-state index is -4.31. The van der Waals surface area contributed by atoms with Gasteiger partial charge in [0.2, 0.25) is 5.91 Å². The molecule has 4 rings (SSSR count). The van der Waals surface area contributed by atoms with Crippen LogP contribution in [0.2, 0.25) is 0 Å². The molecule has 1 saturated heterocycles. The monoisotopic (exact) mass is 380 g/mol. The van der Waals surface area contributed by atoms with E-state index >= 15 is 0 Å². The number of alkyl halides is 3. The molecule has 1 aromatic rings. The van der Waals surface area contributed by atoms with Crippen molar-refractivity contribution in [2.24, 2.45) is 5.92 Å². The molecule has 0 bridgehead atoms. The van der Waals surface area contributed by atoms with Gasteiger partial charge in [0.25, 0.3) is 0 Å². The zero-order valence-corrected chi connectivity index (χ0v) is 15.5. The Balaban J connectivity index is 1.29. The Kier molecular flexibility index (Phi) is 5.19. The van der Waals surface area contributed by atoms with Crippen LogP contribution in [-0.2, 0) is 11.0 Å². The molecule has 27 heavy (non-hydrogen) atoms. The molecule has 1 aliphatic heterocycles. The smallest absolute Gasteiger partial charge is 0.340 e. The molecule has 1 amide bonds. The molecule has 1 unspecified atom stereocenters. The lowest BCUT2D eigenvalue weighted by Gasteiger charge is -2.40. The number of carbonyl (C=O) groups excluding carboxylic acids is 1. The van der Waals surface area contributed by atoms with Crippen molar-refractivity contribution in [3.63, 3.8) is 0 Å². The standard InChI is InChI=1S/C21H27F3N2O/c22-21(23,24)16-8-6-15(7-9-16)18-14-19(18)20(27)26-12-10-25(11-13-26)17-4-2-1-3-5-17/h6-9,17-19H,1-5,10-14H2/t18?,19-/m0/s1. The van der Waals surface area contributed by atoms with E-state index in [2.05, 4.69) is 4.90 Å². The van der Waals surface area contributed by atoms with Crippen LogP contribution in [0.4, 0.5) is 13.2 Å². The van der Waals surface area contributed by atoms with E-state index in [0.29, 0.717) is 6.04 Å². The molecular weight excluding hydrogens is 353 g/mol. The molecule has 2 atom stereocenters. The Hall–Kier alpha value is -1.56. The summed E-state index contributed by atoms with van der Waals surface area (Å²) >= 11 is 0. The quantitative estimate of drug-likeness (QED) is 0.781. The lowest BCUT2D eigenvalue weighted by molar-refractivity contribution is -0.137. The molecule has 3 fully saturated rings. The largest absolute Gasteiger partial charge is 0.416 e. The maximum absolute atomic E-state index is 12.8. The van der Waals surface area contributed by atoms with E-state index in [1.165, 1.54) is 44.2 Å². The molecule has 0 spiro atoms. The third-order valence-corrected chi connectivity index (χ3v) is 6.49. The lowest BCUT2D eigenvalue weighted by atomic mass is 9.94. The van der Waals surface area contributed by atoms with E-state index in [4.69, 9.17) is 0 Å². The van der Waals surface area contributed by atoms with Crippen LogP contribution in [0.15, 0.2) is 24.3 Å². The van der Waals surface area contributed by atoms with Crippen LogP contribution in [-0.4, -0.2) is 47.9 Å². The van der Waals surface area contributed by atoms with Gasteiger partial charge in [0.05, 0.1) is 5.56 Å². The zero-order valence-electron chi connectivity index (χ0n) is 15.5. The van der Waals surface area contributed by atoms with Gasteiger partial charge in [0, 0.05) is 38.1 Å². The van der Waals surface area contributed by atoms with Gasteiger partial charge in [0.1, 0.15) is 0 Å². The van der Waals surface area contributed by atoms with Crippen LogP contribution in [0.3, 0.4) is 0 Å². The molecule has 0 radical (unpaired) electrons. The molecular formula is C21H27F3N2O. The van der Waals surface area contributed by atoms with Crippen LogP contribution in [0.5, 0.6) is 0 Å². The van der Waals surface area contributed by atoms with Gasteiger partial charge >= 0.3 is 6.18 Å². The molecule has 3 nitrogen and oxygen atoms in total. The molecule has 0 N–H and O–H groups in total. The van der Waals surface area contributed by atoms with Gasteiger partial charge < -0.3 is 4.90 Å². The predicted octanol–water partition coefficient (Wildman–Crippen LogP) is 4.29. The molecule has 148 valence electrons. The number of piperazine rings is 1. The Morgan fingerprint density at radius 2 is 1.56 bits per heavy atom. The van der Waals surface area contributed by atoms with Gasteiger partial charge in [-0.3, -0.25) is 9.69 Å². The number of hydrogen-bond acceptors (Lipinski definition) is 2. The fourth-order valence-corrected chi connectivity index (χ4v) is 4.74. The maximum Gasteiger partial charge on any atom is 0.416 e. The first-order valence-corrected chi connectivity index (χ1v) is 10.1. The summed E-state index contributed by atoms with van der Waals surface area (Å²) < 4.78 is 38.1. The number of benzene rings is 1. The highest BCUT2D eigenvalue weighted by Gasteiger charge is 2.46. The summed E-state index contributed by atoms with van der Waals surface area (Å²) in [6.07, 6.45) is 3.00. The highest BCUT2D eigenvalue weighted by atomic mass is 19.4. The summed E-state index contributed by atoms with van der Waals surface area (Å²) in [6.45, 7) is 3.47. The minimum absolute atomic E-state index is 0.0528. The van der Waals surface area contributed by atoms with Crippen LogP contribution in [0.1, 0.15) is 55.6 Å². The number of halogens is 3. The molecule has 0 aromatic heterocycles. The summed E-state index contributed by atoms with van der Waals surface area (Å²) in [5.41, 5.74) is 0.218. The van der Waals surface area contributed by atoms with Crippen molar-refractivity contribution in [2.45, 2.75) is 56.7 Å². The van der Waals surface area contributed by atoms with Crippen molar-refractivity contribution in [2.75, 3.05) is 26.2 Å². The normalized spacial score (nSPS) is 27.6. The van der Waals surface area contributed by atoms with E-state index in [9.17, 15) is 18.0 Å². The summed E-state index contributed by atoms with van der Waals surface area (Å²) in [6, 6.07) is 6.00. The predicted molar refractivity (Wildman–Crippen MR) is 97.3 cm³/mol. The fourth-order valence-electron chi connectivity index (χ4n) is 4.74. The minimum Gasteiger partial charge on any atom is -0.340 e. The van der Waals surface area contributed by atoms with Gasteiger partial charge in [0.15, 0.2) is 0 Å². The SMILES string of the molecule is O=C([C@H]1CC1c1ccc(C(F)(F)F)cc1)N1CCN(C2CCCCC2)CC1. The highest BCUT2D eigenvalue weighted by molar-refractivity contribution is 5.83. The van der Waals surface area contributed by atoms with Crippen molar-refractivity contribution < 1.29 is 18.0 Å². The Morgan fingerprint density at radius 3 is 2.15 bits per heavy atom. The molecule has 1 aromatic carbocycles. The van der Waals surface area contributed by atoms with Crippen LogP contribution in [0.25, 0.3) is 0 Å². The fraction of sp³-hybridized carbons (Fsp3) is 0.667. The second kappa shape index (κ2) is 7.46. The number of carbonyl (C=O) groups is 1. The lowest BCUT2D eigenvalue weighted by Crippen LogP contribution is -2.52.